The molecule has 2 bridgehead atoms. The lowest BCUT2D eigenvalue weighted by molar-refractivity contribution is -0.555. The van der Waals surface area contributed by atoms with Crippen LogP contribution in [0.1, 0.15) is 32.6 Å². The quantitative estimate of drug-likeness (QED) is 0.479. The van der Waals surface area contributed by atoms with Crippen LogP contribution < -0.4 is 0 Å². The van der Waals surface area contributed by atoms with Crippen LogP contribution in [-0.2, 0) is 24.0 Å². The standard InChI is InChI=1S/C13H19NO5/c1-12-5-3-9-13(19-18-12)8(4-6-14(9)2)7-10(15)16-11(13)17-12/h8-9,11H,3-7H2,1-2H3/t8-,9+,11+,12+,13-/m0/s1. The third-order valence-electron chi connectivity index (χ3n) is 5.13. The maximum Gasteiger partial charge on any atom is 0.308 e. The summed E-state index contributed by atoms with van der Waals surface area (Å²) < 4.78 is 11.4. The van der Waals surface area contributed by atoms with Crippen LogP contribution in [0.4, 0.5) is 0 Å². The summed E-state index contributed by atoms with van der Waals surface area (Å²) >= 11 is 0. The number of hydrogen-bond donors (Lipinski definition) is 0. The fraction of sp³-hybridized carbons (Fsp3) is 0.923. The average molecular weight is 269 g/mol. The van der Waals surface area contributed by atoms with Gasteiger partial charge in [-0.05, 0) is 33.4 Å². The lowest BCUT2D eigenvalue weighted by Gasteiger charge is -2.56. The summed E-state index contributed by atoms with van der Waals surface area (Å²) in [5, 5.41) is 0. The van der Waals surface area contributed by atoms with Gasteiger partial charge in [-0.2, -0.15) is 0 Å². The number of fused-ring (bicyclic) bond motifs is 2. The Hall–Kier alpha value is -0.690. The molecule has 1 spiro atoms. The summed E-state index contributed by atoms with van der Waals surface area (Å²) in [5.41, 5.74) is -0.656. The SMILES string of the molecule is CN1CC[C@H]2CC(=O)O[C@@H]3O[C@@]4(C)CC[C@@H]1[C@@]23OO4. The fourth-order valence-electron chi connectivity index (χ4n) is 4.06. The van der Waals surface area contributed by atoms with Gasteiger partial charge < -0.3 is 14.4 Å². The molecule has 6 heteroatoms. The third kappa shape index (κ3) is 1.48. The summed E-state index contributed by atoms with van der Waals surface area (Å²) in [5.74, 6) is -0.887. The number of esters is 1. The predicted molar refractivity (Wildman–Crippen MR) is 62.6 cm³/mol. The maximum atomic E-state index is 11.8. The van der Waals surface area contributed by atoms with Crippen molar-refractivity contribution in [3.63, 3.8) is 0 Å². The van der Waals surface area contributed by atoms with Crippen molar-refractivity contribution in [3.05, 3.63) is 0 Å². The highest BCUT2D eigenvalue weighted by molar-refractivity contribution is 5.71. The second kappa shape index (κ2) is 3.69. The Morgan fingerprint density at radius 3 is 3.00 bits per heavy atom. The van der Waals surface area contributed by atoms with E-state index < -0.39 is 17.7 Å². The van der Waals surface area contributed by atoms with Gasteiger partial charge >= 0.3 is 5.97 Å². The molecular weight excluding hydrogens is 250 g/mol. The zero-order valence-corrected chi connectivity index (χ0v) is 11.3. The molecule has 0 N–H and O–H groups in total. The number of likely N-dealkylation sites (N-methyl/N-ethyl adjacent to an activating group) is 1. The summed E-state index contributed by atoms with van der Waals surface area (Å²) in [6, 6.07) is 0.175. The van der Waals surface area contributed by atoms with Crippen LogP contribution in [0.2, 0.25) is 0 Å². The van der Waals surface area contributed by atoms with Gasteiger partial charge in [0.25, 0.3) is 0 Å². The molecule has 5 aliphatic heterocycles. The van der Waals surface area contributed by atoms with Crippen LogP contribution >= 0.6 is 0 Å². The van der Waals surface area contributed by atoms with Crippen LogP contribution in [0.3, 0.4) is 0 Å². The molecule has 0 unspecified atom stereocenters. The van der Waals surface area contributed by atoms with Crippen LogP contribution in [-0.4, -0.2) is 48.2 Å². The third-order valence-corrected chi connectivity index (χ3v) is 5.13. The second-order valence-corrected chi connectivity index (χ2v) is 6.32. The molecule has 106 valence electrons. The first-order valence-electron chi connectivity index (χ1n) is 6.98. The van der Waals surface area contributed by atoms with Crippen molar-refractivity contribution >= 4 is 5.97 Å². The van der Waals surface area contributed by atoms with E-state index in [0.29, 0.717) is 6.42 Å². The Labute approximate surface area is 111 Å². The summed E-state index contributed by atoms with van der Waals surface area (Å²) in [4.78, 5) is 25.4. The minimum atomic E-state index is -0.809. The highest BCUT2D eigenvalue weighted by atomic mass is 17.3. The Balaban J connectivity index is 1.82. The number of carbonyl (C=O) groups excluding carboxylic acids is 1. The minimum absolute atomic E-state index is 0.114. The topological polar surface area (TPSA) is 57.2 Å². The molecule has 0 aromatic rings. The zero-order chi connectivity index (χ0) is 13.3. The van der Waals surface area contributed by atoms with Gasteiger partial charge in [0.1, 0.15) is 0 Å². The molecule has 5 rings (SSSR count). The van der Waals surface area contributed by atoms with E-state index in [1.165, 1.54) is 0 Å². The highest BCUT2D eigenvalue weighted by Crippen LogP contribution is 2.53. The first-order chi connectivity index (χ1) is 9.03. The molecule has 0 aromatic carbocycles. The average Bonchev–Trinajstić information content (AvgIpc) is 2.58. The first kappa shape index (κ1) is 12.1. The molecule has 5 saturated heterocycles. The van der Waals surface area contributed by atoms with E-state index in [1.54, 1.807) is 0 Å². The number of hydrogen-bond acceptors (Lipinski definition) is 6. The number of rotatable bonds is 0. The van der Waals surface area contributed by atoms with Crippen molar-refractivity contribution in [1.29, 1.82) is 0 Å². The lowest BCUT2D eigenvalue weighted by Crippen LogP contribution is -2.72. The summed E-state index contributed by atoms with van der Waals surface area (Å²) in [6.07, 6.45) is 2.32. The van der Waals surface area contributed by atoms with E-state index in [1.807, 2.05) is 6.92 Å². The molecule has 5 fully saturated rings. The molecule has 0 amide bonds. The Kier molecular flexibility index (Phi) is 2.35. The number of likely N-dealkylation sites (tertiary alicyclic amines) is 1. The Morgan fingerprint density at radius 2 is 2.16 bits per heavy atom. The van der Waals surface area contributed by atoms with Crippen LogP contribution in [0.15, 0.2) is 0 Å². The molecule has 5 heterocycles. The van der Waals surface area contributed by atoms with E-state index in [9.17, 15) is 4.79 Å². The van der Waals surface area contributed by atoms with E-state index >= 15 is 0 Å². The van der Waals surface area contributed by atoms with E-state index in [-0.39, 0.29) is 17.9 Å². The number of ether oxygens (including phenoxy) is 2. The zero-order valence-electron chi connectivity index (χ0n) is 11.3. The smallest absolute Gasteiger partial charge is 0.308 e. The summed E-state index contributed by atoms with van der Waals surface area (Å²) in [6.45, 7) is 2.81. The van der Waals surface area contributed by atoms with Crippen LogP contribution in [0.25, 0.3) is 0 Å². The Bertz CT molecular complexity index is 425. The van der Waals surface area contributed by atoms with Gasteiger partial charge in [0, 0.05) is 18.4 Å². The van der Waals surface area contributed by atoms with E-state index in [2.05, 4.69) is 11.9 Å². The van der Waals surface area contributed by atoms with Crippen molar-refractivity contribution in [3.8, 4) is 0 Å². The second-order valence-electron chi connectivity index (χ2n) is 6.32. The molecule has 5 aliphatic rings. The van der Waals surface area contributed by atoms with Gasteiger partial charge in [-0.25, -0.2) is 9.78 Å². The largest absolute Gasteiger partial charge is 0.432 e. The normalized spacial score (nSPS) is 53.4. The van der Waals surface area contributed by atoms with Gasteiger partial charge in [-0.15, -0.1) is 0 Å². The number of carbonyl (C=O) groups is 1. The van der Waals surface area contributed by atoms with Gasteiger partial charge in [-0.3, -0.25) is 4.79 Å². The number of nitrogens with zero attached hydrogens (tertiary/aromatic N) is 1. The molecule has 0 aliphatic carbocycles. The summed E-state index contributed by atoms with van der Waals surface area (Å²) in [7, 11) is 2.09. The minimum Gasteiger partial charge on any atom is -0.432 e. The van der Waals surface area contributed by atoms with Crippen molar-refractivity contribution in [2.24, 2.45) is 5.92 Å². The lowest BCUT2D eigenvalue weighted by atomic mass is 9.71. The molecule has 0 saturated carbocycles. The monoisotopic (exact) mass is 269 g/mol. The molecule has 5 atom stereocenters. The molecule has 0 radical (unpaired) electrons. The first-order valence-corrected chi connectivity index (χ1v) is 6.98. The van der Waals surface area contributed by atoms with Gasteiger partial charge in [0.15, 0.2) is 5.60 Å². The maximum absolute atomic E-state index is 11.8. The molecule has 0 aromatic heterocycles. The fourth-order valence-corrected chi connectivity index (χ4v) is 4.06. The highest BCUT2D eigenvalue weighted by Gasteiger charge is 2.68. The van der Waals surface area contributed by atoms with Gasteiger partial charge in [0.05, 0.1) is 6.42 Å². The van der Waals surface area contributed by atoms with Crippen LogP contribution in [0, 0.1) is 5.92 Å². The van der Waals surface area contributed by atoms with Crippen molar-refractivity contribution in [2.45, 2.75) is 56.3 Å². The van der Waals surface area contributed by atoms with Gasteiger partial charge in [0.2, 0.25) is 12.1 Å². The molecule has 19 heavy (non-hydrogen) atoms. The van der Waals surface area contributed by atoms with E-state index in [4.69, 9.17) is 19.2 Å². The molecular formula is C13H19NO5. The number of piperidine rings is 1. The molecule has 6 nitrogen and oxygen atoms in total. The Morgan fingerprint density at radius 1 is 1.32 bits per heavy atom. The van der Waals surface area contributed by atoms with Crippen molar-refractivity contribution < 1.29 is 24.0 Å². The van der Waals surface area contributed by atoms with E-state index in [0.717, 1.165) is 25.8 Å². The van der Waals surface area contributed by atoms with Crippen molar-refractivity contribution in [1.82, 2.24) is 4.90 Å². The van der Waals surface area contributed by atoms with Crippen molar-refractivity contribution in [2.75, 3.05) is 13.6 Å². The predicted octanol–water partition coefficient (Wildman–Crippen LogP) is 0.807. The van der Waals surface area contributed by atoms with Crippen LogP contribution in [0.5, 0.6) is 0 Å². The van der Waals surface area contributed by atoms with Gasteiger partial charge in [-0.1, -0.05) is 0 Å².